The fourth-order valence-corrected chi connectivity index (χ4v) is 5.64. The summed E-state index contributed by atoms with van der Waals surface area (Å²) in [7, 11) is 0. The van der Waals surface area contributed by atoms with Gasteiger partial charge in [-0.2, -0.15) is 4.68 Å². The van der Waals surface area contributed by atoms with E-state index in [1.54, 1.807) is 18.3 Å². The number of anilines is 1. The molecule has 1 amide bonds. The van der Waals surface area contributed by atoms with Gasteiger partial charge in [0.2, 0.25) is 5.91 Å². The molecule has 0 aliphatic heterocycles. The highest BCUT2D eigenvalue weighted by Gasteiger charge is 2.32. The second-order valence-electron chi connectivity index (χ2n) is 9.81. The van der Waals surface area contributed by atoms with E-state index in [1.165, 1.54) is 9.56 Å². The first-order valence-electron chi connectivity index (χ1n) is 10.8. The van der Waals surface area contributed by atoms with Gasteiger partial charge in [0.05, 0.1) is 5.39 Å². The molecular formula is C24H30N4O2S. The van der Waals surface area contributed by atoms with Gasteiger partial charge in [0.25, 0.3) is 5.56 Å². The molecule has 0 saturated heterocycles. The number of rotatable bonds is 3. The first kappa shape index (κ1) is 21.7. The zero-order chi connectivity index (χ0) is 22.5. The summed E-state index contributed by atoms with van der Waals surface area (Å²) in [4.78, 5) is 28.2. The van der Waals surface area contributed by atoms with E-state index in [2.05, 4.69) is 36.4 Å². The van der Waals surface area contributed by atoms with E-state index in [0.29, 0.717) is 16.1 Å². The van der Waals surface area contributed by atoms with Crippen LogP contribution in [0.25, 0.3) is 10.2 Å². The first-order valence-corrected chi connectivity index (χ1v) is 11.7. The predicted molar refractivity (Wildman–Crippen MR) is 126 cm³/mol. The number of hydrogen-bond acceptors (Lipinski definition) is 5. The van der Waals surface area contributed by atoms with E-state index in [-0.39, 0.29) is 16.9 Å². The molecule has 1 N–H and O–H groups in total. The summed E-state index contributed by atoms with van der Waals surface area (Å²) in [5.74, 6) is 0.310. The molecule has 6 nitrogen and oxygen atoms in total. The highest BCUT2D eigenvalue weighted by molar-refractivity contribution is 7.18. The van der Waals surface area contributed by atoms with Crippen molar-refractivity contribution in [3.63, 3.8) is 0 Å². The predicted octanol–water partition coefficient (Wildman–Crippen LogP) is 4.82. The third-order valence-electron chi connectivity index (χ3n) is 6.51. The van der Waals surface area contributed by atoms with Crippen LogP contribution in [-0.4, -0.2) is 20.9 Å². The minimum Gasteiger partial charge on any atom is -0.324 e. The van der Waals surface area contributed by atoms with Gasteiger partial charge in [-0.15, -0.1) is 16.4 Å². The average Bonchev–Trinajstić information content (AvgIpc) is 3.07. The van der Waals surface area contributed by atoms with Gasteiger partial charge in [0.1, 0.15) is 6.04 Å². The summed E-state index contributed by atoms with van der Waals surface area (Å²) in [6.45, 7) is 12.5. The molecule has 0 fully saturated rings. The molecule has 2 unspecified atom stereocenters. The largest absolute Gasteiger partial charge is 0.324 e. The number of nitrogens with one attached hydrogen (secondary N) is 1. The fourth-order valence-electron chi connectivity index (χ4n) is 4.40. The molecule has 2 aromatic heterocycles. The number of hydrogen-bond donors (Lipinski definition) is 1. The van der Waals surface area contributed by atoms with Crippen LogP contribution in [0, 0.1) is 25.2 Å². The summed E-state index contributed by atoms with van der Waals surface area (Å²) in [6.07, 6.45) is 2.91. The zero-order valence-electron chi connectivity index (χ0n) is 19.1. The molecule has 164 valence electrons. The Bertz CT molecular complexity index is 1220. The Morgan fingerprint density at radius 3 is 2.71 bits per heavy atom. The van der Waals surface area contributed by atoms with Gasteiger partial charge in [-0.1, -0.05) is 43.7 Å². The van der Waals surface area contributed by atoms with E-state index < -0.39 is 6.04 Å². The van der Waals surface area contributed by atoms with Crippen molar-refractivity contribution < 1.29 is 4.79 Å². The summed E-state index contributed by atoms with van der Waals surface area (Å²) in [5.41, 5.74) is 3.98. The lowest BCUT2D eigenvalue weighted by Gasteiger charge is -2.33. The maximum absolute atomic E-state index is 13.3. The Morgan fingerprint density at radius 1 is 1.29 bits per heavy atom. The van der Waals surface area contributed by atoms with E-state index in [4.69, 9.17) is 0 Å². The number of benzene rings is 1. The van der Waals surface area contributed by atoms with Crippen LogP contribution in [0.15, 0.2) is 23.0 Å². The van der Waals surface area contributed by atoms with Crippen molar-refractivity contribution in [2.75, 3.05) is 5.32 Å². The van der Waals surface area contributed by atoms with E-state index in [9.17, 15) is 9.59 Å². The van der Waals surface area contributed by atoms with Crippen LogP contribution in [0.1, 0.15) is 61.7 Å². The van der Waals surface area contributed by atoms with Gasteiger partial charge in [-0.05, 0) is 68.6 Å². The van der Waals surface area contributed by atoms with Crippen molar-refractivity contribution >= 4 is 33.1 Å². The number of thiophene rings is 1. The number of amides is 1. The highest BCUT2D eigenvalue weighted by Crippen LogP contribution is 2.41. The zero-order valence-corrected chi connectivity index (χ0v) is 19.9. The highest BCUT2D eigenvalue weighted by atomic mass is 32.1. The summed E-state index contributed by atoms with van der Waals surface area (Å²) >= 11 is 1.58. The molecule has 0 bridgehead atoms. The minimum atomic E-state index is -0.758. The third-order valence-corrected chi connectivity index (χ3v) is 7.65. The van der Waals surface area contributed by atoms with Gasteiger partial charge in [0.15, 0.2) is 4.83 Å². The SMILES string of the molecule is Cc1ccc(NC(=O)C(C)n2nnc3sc4c(c3c2=O)CCC(C(C)(C)C)C4)c(C)c1. The lowest BCUT2D eigenvalue weighted by molar-refractivity contribution is -0.119. The summed E-state index contributed by atoms with van der Waals surface area (Å²) in [5, 5.41) is 12.0. The Hall–Kier alpha value is -2.54. The van der Waals surface area contributed by atoms with Crippen LogP contribution < -0.4 is 10.9 Å². The lowest BCUT2D eigenvalue weighted by atomic mass is 9.72. The van der Waals surface area contributed by atoms with E-state index in [0.717, 1.165) is 41.6 Å². The van der Waals surface area contributed by atoms with Crippen LogP contribution in [0.3, 0.4) is 0 Å². The fraction of sp³-hybridized carbons (Fsp3) is 0.500. The molecule has 31 heavy (non-hydrogen) atoms. The normalized spacial score (nSPS) is 17.4. The monoisotopic (exact) mass is 438 g/mol. The molecule has 2 heterocycles. The van der Waals surface area contributed by atoms with Crippen molar-refractivity contribution in [2.24, 2.45) is 11.3 Å². The average molecular weight is 439 g/mol. The van der Waals surface area contributed by atoms with Gasteiger partial charge >= 0.3 is 0 Å². The summed E-state index contributed by atoms with van der Waals surface area (Å²) in [6, 6.07) is 5.09. The van der Waals surface area contributed by atoms with Gasteiger partial charge in [-0.25, -0.2) is 0 Å². The van der Waals surface area contributed by atoms with Crippen molar-refractivity contribution in [3.05, 3.63) is 50.1 Å². The minimum absolute atomic E-state index is 0.222. The molecule has 2 atom stereocenters. The van der Waals surface area contributed by atoms with Crippen molar-refractivity contribution in [3.8, 4) is 0 Å². The Kier molecular flexibility index (Phi) is 5.50. The molecular weight excluding hydrogens is 408 g/mol. The second kappa shape index (κ2) is 7.86. The van der Waals surface area contributed by atoms with Gasteiger partial charge in [-0.3, -0.25) is 9.59 Å². The van der Waals surface area contributed by atoms with Crippen molar-refractivity contribution in [1.82, 2.24) is 15.0 Å². The molecule has 3 aromatic rings. The topological polar surface area (TPSA) is 76.9 Å². The summed E-state index contributed by atoms with van der Waals surface area (Å²) < 4.78 is 1.23. The molecule has 0 radical (unpaired) electrons. The second-order valence-corrected chi connectivity index (χ2v) is 10.9. The third kappa shape index (κ3) is 4.03. The molecule has 1 aliphatic carbocycles. The molecule has 0 spiro atoms. The molecule has 0 saturated carbocycles. The Morgan fingerprint density at radius 2 is 2.03 bits per heavy atom. The maximum atomic E-state index is 13.3. The quantitative estimate of drug-likeness (QED) is 0.636. The molecule has 4 rings (SSSR count). The van der Waals surface area contributed by atoms with Crippen LogP contribution in [0.4, 0.5) is 5.69 Å². The number of aromatic nitrogens is 3. The maximum Gasteiger partial charge on any atom is 0.279 e. The standard InChI is InChI=1S/C24H30N4O2S/c1-13-7-10-18(14(2)11-13)25-21(29)15(3)28-23(30)20-17-9-8-16(24(4,5)6)12-19(17)31-22(20)26-27-28/h7,10-11,15-16H,8-9,12H2,1-6H3,(H,25,29). The van der Waals surface area contributed by atoms with Gasteiger partial charge < -0.3 is 5.32 Å². The molecule has 7 heteroatoms. The first-order chi connectivity index (χ1) is 14.6. The van der Waals surface area contributed by atoms with Gasteiger partial charge in [0, 0.05) is 10.6 Å². The van der Waals surface area contributed by atoms with Crippen molar-refractivity contribution in [2.45, 2.75) is 66.8 Å². The van der Waals surface area contributed by atoms with Crippen molar-refractivity contribution in [1.29, 1.82) is 0 Å². The smallest absolute Gasteiger partial charge is 0.279 e. The van der Waals surface area contributed by atoms with E-state index >= 15 is 0 Å². The van der Waals surface area contributed by atoms with Crippen LogP contribution in [-0.2, 0) is 17.6 Å². The Labute approximate surface area is 186 Å². The number of carbonyl (C=O) groups excluding carboxylic acids is 1. The number of carbonyl (C=O) groups is 1. The van der Waals surface area contributed by atoms with Crippen LogP contribution in [0.2, 0.25) is 0 Å². The molecule has 1 aliphatic rings. The number of fused-ring (bicyclic) bond motifs is 3. The Balaban J connectivity index is 1.65. The molecule has 1 aromatic carbocycles. The lowest BCUT2D eigenvalue weighted by Crippen LogP contribution is -2.34. The van der Waals surface area contributed by atoms with E-state index in [1.807, 2.05) is 32.0 Å². The van der Waals surface area contributed by atoms with Crippen LogP contribution in [0.5, 0.6) is 0 Å². The number of nitrogens with zero attached hydrogens (tertiary/aromatic N) is 3. The van der Waals surface area contributed by atoms with Crippen LogP contribution >= 0.6 is 11.3 Å². The number of aryl methyl sites for hydroxylation is 3.